The molecule has 0 saturated heterocycles. The summed E-state index contributed by atoms with van der Waals surface area (Å²) >= 11 is 7.46. The van der Waals surface area contributed by atoms with Gasteiger partial charge in [-0.3, -0.25) is 20.2 Å². The Hall–Kier alpha value is -3.77. The highest BCUT2D eigenvalue weighted by atomic mass is 35.5. The standard InChI is InChI=1S/C18H12ClN7O4S/c1-9-16(21-22-18-20-17-12(19)4-3-5-15(17)31-18)10(2)24(23-9)13-7-6-11(25(27)28)8-14(13)26(29)30/h3-8H,1-2H3. The maximum Gasteiger partial charge on any atom is 0.301 e. The zero-order valence-corrected chi connectivity index (χ0v) is 17.6. The first-order valence-corrected chi connectivity index (χ1v) is 9.92. The molecule has 4 aromatic rings. The summed E-state index contributed by atoms with van der Waals surface area (Å²) < 4.78 is 2.19. The summed E-state index contributed by atoms with van der Waals surface area (Å²) in [5.41, 5.74) is 1.28. The zero-order chi connectivity index (χ0) is 22.3. The minimum atomic E-state index is -0.693. The highest BCUT2D eigenvalue weighted by Crippen LogP contribution is 2.35. The van der Waals surface area contributed by atoms with Crippen molar-refractivity contribution in [2.75, 3.05) is 0 Å². The van der Waals surface area contributed by atoms with E-state index in [-0.39, 0.29) is 11.4 Å². The van der Waals surface area contributed by atoms with E-state index in [2.05, 4.69) is 20.3 Å². The molecule has 0 saturated carbocycles. The van der Waals surface area contributed by atoms with Crippen molar-refractivity contribution in [2.24, 2.45) is 10.2 Å². The smallest absolute Gasteiger partial charge is 0.258 e. The van der Waals surface area contributed by atoms with Crippen molar-refractivity contribution in [2.45, 2.75) is 13.8 Å². The van der Waals surface area contributed by atoms with Crippen LogP contribution in [0.2, 0.25) is 5.02 Å². The van der Waals surface area contributed by atoms with Gasteiger partial charge < -0.3 is 0 Å². The van der Waals surface area contributed by atoms with E-state index in [0.717, 1.165) is 10.8 Å². The Morgan fingerprint density at radius 3 is 2.55 bits per heavy atom. The Bertz CT molecular complexity index is 1400. The lowest BCUT2D eigenvalue weighted by atomic mass is 10.2. The first kappa shape index (κ1) is 20.5. The number of thiazole rings is 1. The molecule has 0 N–H and O–H groups in total. The largest absolute Gasteiger partial charge is 0.301 e. The van der Waals surface area contributed by atoms with Crippen molar-refractivity contribution in [1.29, 1.82) is 0 Å². The third-order valence-electron chi connectivity index (χ3n) is 4.44. The molecule has 31 heavy (non-hydrogen) atoms. The number of aromatic nitrogens is 3. The number of nitro benzene ring substituents is 2. The van der Waals surface area contributed by atoms with Gasteiger partial charge in [0.2, 0.25) is 5.13 Å². The van der Waals surface area contributed by atoms with Crippen molar-refractivity contribution in [3.8, 4) is 5.69 Å². The summed E-state index contributed by atoms with van der Waals surface area (Å²) in [6.45, 7) is 3.36. The fraction of sp³-hybridized carbons (Fsp3) is 0.111. The summed E-state index contributed by atoms with van der Waals surface area (Å²) in [7, 11) is 0. The number of benzene rings is 2. The minimum Gasteiger partial charge on any atom is -0.258 e. The molecule has 2 aromatic carbocycles. The average Bonchev–Trinajstić information content (AvgIpc) is 3.27. The minimum absolute atomic E-state index is 0.0874. The fourth-order valence-corrected chi connectivity index (χ4v) is 4.09. The van der Waals surface area contributed by atoms with E-state index in [1.54, 1.807) is 19.9 Å². The molecule has 0 aliphatic carbocycles. The highest BCUT2D eigenvalue weighted by molar-refractivity contribution is 7.22. The molecule has 0 bridgehead atoms. The van der Waals surface area contributed by atoms with Crippen LogP contribution >= 0.6 is 22.9 Å². The van der Waals surface area contributed by atoms with Crippen LogP contribution in [0.15, 0.2) is 46.6 Å². The Labute approximate surface area is 182 Å². The van der Waals surface area contributed by atoms with Gasteiger partial charge in [0, 0.05) is 6.07 Å². The lowest BCUT2D eigenvalue weighted by Gasteiger charge is -2.05. The van der Waals surface area contributed by atoms with Crippen LogP contribution in [0.4, 0.5) is 22.2 Å². The molecule has 2 aromatic heterocycles. The number of fused-ring (bicyclic) bond motifs is 1. The Morgan fingerprint density at radius 1 is 1.10 bits per heavy atom. The van der Waals surface area contributed by atoms with Gasteiger partial charge in [-0.25, -0.2) is 9.67 Å². The topological polar surface area (TPSA) is 142 Å². The number of nitrogens with zero attached hydrogens (tertiary/aromatic N) is 7. The number of halogens is 1. The van der Waals surface area contributed by atoms with Crippen molar-refractivity contribution >= 4 is 55.3 Å². The van der Waals surface area contributed by atoms with Crippen LogP contribution in [0, 0.1) is 34.1 Å². The van der Waals surface area contributed by atoms with Crippen LogP contribution in [-0.4, -0.2) is 24.6 Å². The van der Waals surface area contributed by atoms with E-state index in [1.165, 1.54) is 28.2 Å². The predicted octanol–water partition coefficient (Wildman–Crippen LogP) is 5.98. The zero-order valence-electron chi connectivity index (χ0n) is 16.0. The number of para-hydroxylation sites is 1. The molecule has 11 nitrogen and oxygen atoms in total. The number of hydrogen-bond acceptors (Lipinski definition) is 9. The monoisotopic (exact) mass is 457 g/mol. The third kappa shape index (κ3) is 3.73. The molecule has 2 heterocycles. The van der Waals surface area contributed by atoms with Gasteiger partial charge in [0.15, 0.2) is 0 Å². The summed E-state index contributed by atoms with van der Waals surface area (Å²) in [5.74, 6) is 0. The molecule has 4 rings (SSSR count). The van der Waals surface area contributed by atoms with Gasteiger partial charge in [-0.05, 0) is 32.0 Å². The fourth-order valence-electron chi connectivity index (χ4n) is 3.00. The maximum atomic E-state index is 11.5. The molecule has 0 amide bonds. The Balaban J connectivity index is 1.76. The van der Waals surface area contributed by atoms with Crippen LogP contribution in [0.5, 0.6) is 0 Å². The van der Waals surface area contributed by atoms with Crippen LogP contribution in [-0.2, 0) is 0 Å². The lowest BCUT2D eigenvalue weighted by molar-refractivity contribution is -0.394. The molecule has 0 fully saturated rings. The van der Waals surface area contributed by atoms with Crippen LogP contribution in [0.25, 0.3) is 15.9 Å². The maximum absolute atomic E-state index is 11.5. The summed E-state index contributed by atoms with van der Waals surface area (Å²) in [5, 5.41) is 36.1. The lowest BCUT2D eigenvalue weighted by Crippen LogP contribution is -2.04. The van der Waals surface area contributed by atoms with Crippen molar-refractivity contribution in [3.63, 3.8) is 0 Å². The number of hydrogen-bond donors (Lipinski definition) is 0. The summed E-state index contributed by atoms with van der Waals surface area (Å²) in [6, 6.07) is 8.80. The Kier molecular flexibility index (Phi) is 5.17. The van der Waals surface area contributed by atoms with E-state index in [1.807, 2.05) is 12.1 Å². The van der Waals surface area contributed by atoms with E-state index in [9.17, 15) is 20.2 Å². The molecule has 0 aliphatic rings. The highest BCUT2D eigenvalue weighted by Gasteiger charge is 2.24. The van der Waals surface area contributed by atoms with Crippen LogP contribution < -0.4 is 0 Å². The number of azo groups is 1. The molecule has 0 unspecified atom stereocenters. The summed E-state index contributed by atoms with van der Waals surface area (Å²) in [6.07, 6.45) is 0. The van der Waals surface area contributed by atoms with Crippen LogP contribution in [0.1, 0.15) is 11.4 Å². The molecule has 13 heteroatoms. The second kappa shape index (κ2) is 7.81. The molecular formula is C18H12ClN7O4S. The average molecular weight is 458 g/mol. The molecule has 0 atom stereocenters. The SMILES string of the molecule is Cc1nn(-c2ccc([N+](=O)[O-])cc2[N+](=O)[O-])c(C)c1N=Nc1nc2c(Cl)cccc2s1. The van der Waals surface area contributed by atoms with Gasteiger partial charge in [0.25, 0.3) is 5.69 Å². The van der Waals surface area contributed by atoms with E-state index < -0.39 is 15.5 Å². The number of aryl methyl sites for hydroxylation is 1. The molecule has 156 valence electrons. The first-order chi connectivity index (χ1) is 14.8. The van der Waals surface area contributed by atoms with Gasteiger partial charge in [0.05, 0.1) is 37.0 Å². The Morgan fingerprint density at radius 2 is 1.87 bits per heavy atom. The van der Waals surface area contributed by atoms with Gasteiger partial charge in [-0.2, -0.15) is 5.10 Å². The van der Waals surface area contributed by atoms with Crippen LogP contribution in [0.3, 0.4) is 0 Å². The normalized spacial score (nSPS) is 11.5. The summed E-state index contributed by atoms with van der Waals surface area (Å²) in [4.78, 5) is 25.4. The molecular weight excluding hydrogens is 446 g/mol. The molecule has 0 radical (unpaired) electrons. The molecule has 0 aliphatic heterocycles. The second-order valence-electron chi connectivity index (χ2n) is 6.40. The number of nitro groups is 2. The van der Waals surface area contributed by atoms with Gasteiger partial charge in [0.1, 0.15) is 16.9 Å². The van der Waals surface area contributed by atoms with E-state index in [0.29, 0.717) is 32.7 Å². The van der Waals surface area contributed by atoms with Gasteiger partial charge in [-0.15, -0.1) is 10.2 Å². The quantitative estimate of drug-likeness (QED) is 0.205. The molecule has 0 spiro atoms. The van der Waals surface area contributed by atoms with Crippen molar-refractivity contribution in [3.05, 3.63) is 73.0 Å². The van der Waals surface area contributed by atoms with Crippen molar-refractivity contribution < 1.29 is 9.85 Å². The van der Waals surface area contributed by atoms with Gasteiger partial charge >= 0.3 is 5.69 Å². The van der Waals surface area contributed by atoms with E-state index in [4.69, 9.17) is 11.6 Å². The predicted molar refractivity (Wildman–Crippen MR) is 115 cm³/mol. The second-order valence-corrected chi connectivity index (χ2v) is 7.82. The van der Waals surface area contributed by atoms with Gasteiger partial charge in [-0.1, -0.05) is 29.0 Å². The number of rotatable bonds is 5. The van der Waals surface area contributed by atoms with E-state index >= 15 is 0 Å². The van der Waals surface area contributed by atoms with Crippen molar-refractivity contribution in [1.82, 2.24) is 14.8 Å². The third-order valence-corrected chi connectivity index (χ3v) is 5.65. The number of non-ortho nitro benzene ring substituents is 1. The first-order valence-electron chi connectivity index (χ1n) is 8.72.